The molecule has 3 aromatic carbocycles. The summed E-state index contributed by atoms with van der Waals surface area (Å²) in [6.45, 7) is 6.60. The van der Waals surface area contributed by atoms with Crippen LogP contribution in [0.15, 0.2) is 84.0 Å². The lowest BCUT2D eigenvalue weighted by Gasteiger charge is -2.56. The van der Waals surface area contributed by atoms with Crippen molar-refractivity contribution in [2.45, 2.75) is 93.8 Å². The Bertz CT molecular complexity index is 2890. The van der Waals surface area contributed by atoms with Crippen molar-refractivity contribution in [3.8, 4) is 17.2 Å². The van der Waals surface area contributed by atoms with E-state index >= 15 is 8.78 Å². The Labute approximate surface area is 406 Å². The Kier molecular flexibility index (Phi) is 13.6. The number of hydrogen-bond donors (Lipinski definition) is 2. The second kappa shape index (κ2) is 19.5. The summed E-state index contributed by atoms with van der Waals surface area (Å²) in [5, 5.41) is 12.9. The number of nitrogens with zero attached hydrogens (tertiary/aromatic N) is 6. The standard InChI is InChI=1S/C51H60F2N8O8S/c1-33(2)38-8-5-6-9-39(38)42-10-7-19-60(42)35-28-50(29-35)14-20-58(21-15-50)43-27-46(69-36-24-34-13-18-54-48(34)55-30-36)40(26-41(43)52)49(63)56-70(66,67)37-11-12-45(44(25-37)61(64)65)68-32-51(53)16-22-59(23-17-51)47(62)31-57(3)4/h5-6,8-9,11-13,18,24-27,30,33,35,42H,7,10,14-17,19-23,28-29,31-32H2,1-4H3,(H,54,55)(H,56,63). The number of nitro groups is 1. The van der Waals surface area contributed by atoms with E-state index < -0.39 is 55.1 Å². The molecule has 1 aliphatic carbocycles. The number of nitro benzene ring substituents is 1. The van der Waals surface area contributed by atoms with Gasteiger partial charge in [0.2, 0.25) is 5.91 Å². The molecule has 2 amide bonds. The van der Waals surface area contributed by atoms with Gasteiger partial charge in [-0.1, -0.05) is 38.1 Å². The van der Waals surface area contributed by atoms with Gasteiger partial charge >= 0.3 is 5.69 Å². The van der Waals surface area contributed by atoms with Crippen LogP contribution in [0.5, 0.6) is 17.2 Å². The first kappa shape index (κ1) is 48.8. The van der Waals surface area contributed by atoms with Crippen LogP contribution in [0.3, 0.4) is 0 Å². The smallest absolute Gasteiger partial charge is 0.312 e. The van der Waals surface area contributed by atoms with Crippen molar-refractivity contribution < 1.29 is 41.2 Å². The van der Waals surface area contributed by atoms with Crippen molar-refractivity contribution in [3.63, 3.8) is 0 Å². The molecule has 2 aromatic heterocycles. The summed E-state index contributed by atoms with van der Waals surface area (Å²) in [4.78, 5) is 52.4. The molecule has 0 radical (unpaired) electrons. The first-order chi connectivity index (χ1) is 33.4. The van der Waals surface area contributed by atoms with Crippen LogP contribution in [-0.2, 0) is 14.8 Å². The van der Waals surface area contributed by atoms with E-state index in [0.29, 0.717) is 48.2 Å². The Balaban J connectivity index is 0.895. The first-order valence-corrected chi connectivity index (χ1v) is 25.5. The highest BCUT2D eigenvalue weighted by Gasteiger charge is 2.50. The third-order valence-corrected chi connectivity index (χ3v) is 16.1. The lowest BCUT2D eigenvalue weighted by molar-refractivity contribution is -0.386. The van der Waals surface area contributed by atoms with E-state index in [0.717, 1.165) is 56.8 Å². The molecule has 2 N–H and O–H groups in total. The van der Waals surface area contributed by atoms with Crippen LogP contribution in [0.1, 0.15) is 98.7 Å². The first-order valence-electron chi connectivity index (χ1n) is 24.0. The Morgan fingerprint density at radius 1 is 0.986 bits per heavy atom. The quantitative estimate of drug-likeness (QED) is 0.0755. The van der Waals surface area contributed by atoms with Crippen LogP contribution < -0.4 is 19.1 Å². The number of alkyl halides is 1. The van der Waals surface area contributed by atoms with Gasteiger partial charge in [-0.05, 0) is 112 Å². The average molecular weight is 983 g/mol. The molecule has 16 nitrogen and oxygen atoms in total. The van der Waals surface area contributed by atoms with Crippen LogP contribution in [0.2, 0.25) is 0 Å². The number of piperidine rings is 2. The van der Waals surface area contributed by atoms with E-state index in [1.165, 1.54) is 29.8 Å². The third kappa shape index (κ3) is 10.2. The van der Waals surface area contributed by atoms with Crippen molar-refractivity contribution in [2.24, 2.45) is 5.41 Å². The SMILES string of the molecule is CC(C)c1ccccc1C1CCCN1C1CC2(CCN(c3cc(Oc4cnc5[nH]ccc5c4)c(C(=O)NS(=O)(=O)c4ccc(OCC5(F)CCN(C(=O)CN(C)C)CC5)c([N+](=O)[O-])c4)cc3F)CC2)C1. The minimum Gasteiger partial charge on any atom is -0.483 e. The fourth-order valence-electron chi connectivity index (χ4n) is 10.9. The molecule has 0 bridgehead atoms. The summed E-state index contributed by atoms with van der Waals surface area (Å²) in [6, 6.07) is 18.2. The molecule has 4 aliphatic rings. The van der Waals surface area contributed by atoms with Gasteiger partial charge in [0.15, 0.2) is 5.75 Å². The van der Waals surface area contributed by atoms with Crippen molar-refractivity contribution in [3.05, 3.63) is 112 Å². The number of aromatic nitrogens is 2. The number of carbonyl (C=O) groups is 2. The number of carbonyl (C=O) groups excluding carboxylic acids is 2. The van der Waals surface area contributed by atoms with E-state index in [-0.39, 0.29) is 66.7 Å². The molecule has 1 atom stereocenters. The molecule has 3 aliphatic heterocycles. The molecular weight excluding hydrogens is 923 g/mol. The third-order valence-electron chi connectivity index (χ3n) is 14.8. The number of pyridine rings is 1. The van der Waals surface area contributed by atoms with Crippen LogP contribution in [0.4, 0.5) is 20.2 Å². The van der Waals surface area contributed by atoms with Crippen molar-refractivity contribution in [1.82, 2.24) is 29.4 Å². The number of ether oxygens (including phenoxy) is 2. The summed E-state index contributed by atoms with van der Waals surface area (Å²) in [7, 11) is -1.32. The molecule has 1 spiro atoms. The van der Waals surface area contributed by atoms with Gasteiger partial charge in [-0.3, -0.25) is 24.6 Å². The van der Waals surface area contributed by atoms with E-state index in [9.17, 15) is 28.1 Å². The molecule has 4 fully saturated rings. The summed E-state index contributed by atoms with van der Waals surface area (Å²) < 4.78 is 73.5. The predicted molar refractivity (Wildman–Crippen MR) is 260 cm³/mol. The van der Waals surface area contributed by atoms with Gasteiger partial charge in [-0.2, -0.15) is 0 Å². The summed E-state index contributed by atoms with van der Waals surface area (Å²) in [5.74, 6) is -2.01. The van der Waals surface area contributed by atoms with Crippen molar-refractivity contribution in [1.29, 1.82) is 0 Å². The molecule has 5 heterocycles. The van der Waals surface area contributed by atoms with E-state index in [2.05, 4.69) is 53.0 Å². The predicted octanol–water partition coefficient (Wildman–Crippen LogP) is 8.50. The number of likely N-dealkylation sites (N-methyl/N-ethyl adjacent to an activating group) is 1. The van der Waals surface area contributed by atoms with E-state index in [1.54, 1.807) is 42.2 Å². The maximum Gasteiger partial charge on any atom is 0.312 e. The van der Waals surface area contributed by atoms with Crippen LogP contribution >= 0.6 is 0 Å². The van der Waals surface area contributed by atoms with Crippen LogP contribution in [0.25, 0.3) is 11.0 Å². The molecule has 9 rings (SSSR count). The molecular formula is C51H60F2N8O8S. The summed E-state index contributed by atoms with van der Waals surface area (Å²) in [6.07, 6.45) is 9.21. The maximum atomic E-state index is 16.4. The number of sulfonamides is 1. The highest BCUT2D eigenvalue weighted by Crippen LogP contribution is 2.54. The zero-order valence-electron chi connectivity index (χ0n) is 40.0. The van der Waals surface area contributed by atoms with Gasteiger partial charge in [-0.15, -0.1) is 0 Å². The Morgan fingerprint density at radius 3 is 2.44 bits per heavy atom. The minimum absolute atomic E-state index is 0.0588. The lowest BCUT2D eigenvalue weighted by Crippen LogP contribution is -2.55. The monoisotopic (exact) mass is 982 g/mol. The molecule has 372 valence electrons. The molecule has 70 heavy (non-hydrogen) atoms. The van der Waals surface area contributed by atoms with Crippen LogP contribution in [0, 0.1) is 21.3 Å². The van der Waals surface area contributed by atoms with Gasteiger partial charge in [0, 0.05) is 74.8 Å². The number of hydrogen-bond acceptors (Lipinski definition) is 12. The highest BCUT2D eigenvalue weighted by molar-refractivity contribution is 7.90. The van der Waals surface area contributed by atoms with Gasteiger partial charge in [0.05, 0.1) is 33.8 Å². The number of likely N-dealkylation sites (tertiary alicyclic amines) is 2. The Morgan fingerprint density at radius 2 is 1.73 bits per heavy atom. The number of halogens is 2. The van der Waals surface area contributed by atoms with Gasteiger partial charge < -0.3 is 29.2 Å². The lowest BCUT2D eigenvalue weighted by atomic mass is 9.59. The van der Waals surface area contributed by atoms with Gasteiger partial charge in [0.1, 0.15) is 35.2 Å². The number of amides is 2. The zero-order chi connectivity index (χ0) is 49.5. The fourth-order valence-corrected chi connectivity index (χ4v) is 11.9. The number of benzene rings is 3. The van der Waals surface area contributed by atoms with E-state index in [1.807, 2.05) is 9.62 Å². The normalized spacial score (nSPS) is 19.5. The number of fused-ring (bicyclic) bond motifs is 1. The van der Waals surface area contributed by atoms with Gasteiger partial charge in [-0.25, -0.2) is 26.9 Å². The van der Waals surface area contributed by atoms with Gasteiger partial charge in [0.25, 0.3) is 15.9 Å². The topological polar surface area (TPSA) is 184 Å². The molecule has 1 saturated carbocycles. The maximum absolute atomic E-state index is 16.4. The number of aromatic amines is 1. The van der Waals surface area contributed by atoms with Crippen LogP contribution in [-0.4, -0.2) is 122 Å². The second-order valence-corrected chi connectivity index (χ2v) is 21.8. The minimum atomic E-state index is -4.83. The second-order valence-electron chi connectivity index (χ2n) is 20.1. The van der Waals surface area contributed by atoms with Crippen molar-refractivity contribution in [2.75, 3.05) is 64.9 Å². The van der Waals surface area contributed by atoms with E-state index in [4.69, 9.17) is 9.47 Å². The molecule has 19 heteroatoms. The number of nitrogens with one attached hydrogen (secondary N) is 2. The molecule has 5 aromatic rings. The highest BCUT2D eigenvalue weighted by atomic mass is 32.2. The fraction of sp³-hybridized carbons (Fsp3) is 0.471. The molecule has 1 unspecified atom stereocenters. The summed E-state index contributed by atoms with van der Waals surface area (Å²) >= 11 is 0. The molecule has 3 saturated heterocycles. The average Bonchev–Trinajstić information content (AvgIpc) is 4.01. The Hall–Kier alpha value is -6.18. The zero-order valence-corrected chi connectivity index (χ0v) is 40.8. The number of rotatable bonds is 15. The van der Waals surface area contributed by atoms with Crippen molar-refractivity contribution >= 4 is 44.2 Å². The number of H-pyrrole nitrogens is 1. The number of anilines is 1. The summed E-state index contributed by atoms with van der Waals surface area (Å²) in [5.41, 5.74) is 0.667. The largest absolute Gasteiger partial charge is 0.483 e.